The smallest absolute Gasteiger partial charge is 0.273 e. The first kappa shape index (κ1) is 12.5. The van der Waals surface area contributed by atoms with Crippen molar-refractivity contribution in [3.63, 3.8) is 0 Å². The van der Waals surface area contributed by atoms with Gasteiger partial charge in [0.15, 0.2) is 5.69 Å². The molecule has 0 bridgehead atoms. The van der Waals surface area contributed by atoms with E-state index in [9.17, 15) is 9.59 Å². The highest BCUT2D eigenvalue weighted by molar-refractivity contribution is 5.94. The Kier molecular flexibility index (Phi) is 3.56. The predicted molar refractivity (Wildman–Crippen MR) is 63.0 cm³/mol. The van der Waals surface area contributed by atoms with Gasteiger partial charge >= 0.3 is 0 Å². The maximum absolute atomic E-state index is 11.7. The maximum atomic E-state index is 11.7. The van der Waals surface area contributed by atoms with Crippen LogP contribution in [0.25, 0.3) is 0 Å². The van der Waals surface area contributed by atoms with Gasteiger partial charge in [0, 0.05) is 27.2 Å². The summed E-state index contributed by atoms with van der Waals surface area (Å²) in [5, 5.41) is 13.3. The number of hydrogen-bond donors (Lipinski definition) is 2. The molecule has 1 fully saturated rings. The van der Waals surface area contributed by atoms with Gasteiger partial charge in [0.1, 0.15) is 0 Å². The fraction of sp³-hybridized carbons (Fsp3) is 0.600. The summed E-state index contributed by atoms with van der Waals surface area (Å²) in [5.41, 5.74) is 0.230. The Morgan fingerprint density at radius 1 is 1.56 bits per heavy atom. The third-order valence-corrected chi connectivity index (χ3v) is 2.78. The number of aromatic nitrogens is 3. The van der Waals surface area contributed by atoms with Gasteiger partial charge in [0.2, 0.25) is 5.91 Å². The van der Waals surface area contributed by atoms with Crippen molar-refractivity contribution >= 4 is 11.8 Å². The van der Waals surface area contributed by atoms with E-state index in [0.29, 0.717) is 0 Å². The van der Waals surface area contributed by atoms with Crippen molar-refractivity contribution in [2.45, 2.75) is 6.04 Å². The van der Waals surface area contributed by atoms with E-state index in [1.54, 1.807) is 25.0 Å². The summed E-state index contributed by atoms with van der Waals surface area (Å²) in [6.45, 7) is 1.64. The molecule has 1 aliphatic heterocycles. The van der Waals surface area contributed by atoms with Gasteiger partial charge in [-0.15, -0.1) is 5.10 Å². The molecule has 1 aromatic heterocycles. The van der Waals surface area contributed by atoms with Gasteiger partial charge in [-0.2, -0.15) is 0 Å². The fourth-order valence-corrected chi connectivity index (χ4v) is 1.42. The Morgan fingerprint density at radius 3 is 2.83 bits per heavy atom. The number of nitrogens with one attached hydrogen (secondary N) is 2. The van der Waals surface area contributed by atoms with E-state index in [1.165, 1.54) is 4.90 Å². The van der Waals surface area contributed by atoms with Crippen molar-refractivity contribution in [3.05, 3.63) is 11.9 Å². The molecule has 8 nitrogen and oxygen atoms in total. The highest BCUT2D eigenvalue weighted by atomic mass is 16.2. The monoisotopic (exact) mass is 252 g/mol. The van der Waals surface area contributed by atoms with Gasteiger partial charge < -0.3 is 15.5 Å². The lowest BCUT2D eigenvalue weighted by atomic mass is 10.2. The third kappa shape index (κ3) is 2.65. The highest BCUT2D eigenvalue weighted by Gasteiger charge is 2.21. The zero-order chi connectivity index (χ0) is 13.1. The molecular weight excluding hydrogens is 236 g/mol. The minimum absolute atomic E-state index is 0.0380. The Hall–Kier alpha value is -1.96. The Balaban J connectivity index is 1.88. The van der Waals surface area contributed by atoms with E-state index >= 15 is 0 Å². The molecule has 2 heterocycles. The molecule has 98 valence electrons. The molecule has 2 rings (SSSR count). The van der Waals surface area contributed by atoms with E-state index < -0.39 is 0 Å². The average molecular weight is 252 g/mol. The van der Waals surface area contributed by atoms with Gasteiger partial charge in [-0.25, -0.2) is 4.68 Å². The molecule has 0 atom stereocenters. The van der Waals surface area contributed by atoms with Gasteiger partial charge in [0.05, 0.1) is 18.8 Å². The second-order valence-electron chi connectivity index (χ2n) is 4.37. The lowest BCUT2D eigenvalue weighted by Gasteiger charge is -2.26. The van der Waals surface area contributed by atoms with Crippen LogP contribution in [0.5, 0.6) is 0 Å². The van der Waals surface area contributed by atoms with Crippen LogP contribution in [0.3, 0.4) is 0 Å². The van der Waals surface area contributed by atoms with Crippen LogP contribution in [0.1, 0.15) is 16.5 Å². The molecule has 0 aliphatic carbocycles. The number of rotatable bonds is 4. The van der Waals surface area contributed by atoms with Crippen molar-refractivity contribution in [2.24, 2.45) is 0 Å². The summed E-state index contributed by atoms with van der Waals surface area (Å²) >= 11 is 0. The lowest BCUT2D eigenvalue weighted by molar-refractivity contribution is -0.127. The minimum atomic E-state index is -0.385. The van der Waals surface area contributed by atoms with Crippen LogP contribution in [-0.2, 0) is 4.79 Å². The largest absolute Gasteiger partial charge is 0.347 e. The summed E-state index contributed by atoms with van der Waals surface area (Å²) in [6, 6.07) is 0.266. The second kappa shape index (κ2) is 5.13. The molecule has 0 unspecified atom stereocenters. The first-order chi connectivity index (χ1) is 8.58. The molecule has 1 aliphatic rings. The predicted octanol–water partition coefficient (Wildman–Crippen LogP) is -1.76. The minimum Gasteiger partial charge on any atom is -0.347 e. The molecule has 1 aromatic rings. The third-order valence-electron chi connectivity index (χ3n) is 2.78. The van der Waals surface area contributed by atoms with Gasteiger partial charge in [-0.3, -0.25) is 9.59 Å². The van der Waals surface area contributed by atoms with Crippen LogP contribution in [0, 0.1) is 0 Å². The number of nitrogens with zero attached hydrogens (tertiary/aromatic N) is 4. The summed E-state index contributed by atoms with van der Waals surface area (Å²) in [4.78, 5) is 24.4. The van der Waals surface area contributed by atoms with Gasteiger partial charge in [0.25, 0.3) is 5.91 Å². The number of hydrogen-bond acceptors (Lipinski definition) is 5. The molecular formula is C10H16N6O2. The van der Waals surface area contributed by atoms with E-state index in [1.807, 2.05) is 0 Å². The topological polar surface area (TPSA) is 92.2 Å². The zero-order valence-corrected chi connectivity index (χ0v) is 10.4. The van der Waals surface area contributed by atoms with Crippen LogP contribution >= 0.6 is 0 Å². The standard InChI is InChI=1S/C10H16N6O2/c1-15(2)9(17)5-12-10(18)8-6-16(14-13-8)7-3-11-4-7/h6-7,11H,3-5H2,1-2H3,(H,12,18). The molecule has 0 radical (unpaired) electrons. The summed E-state index contributed by atoms with van der Waals surface area (Å²) < 4.78 is 1.67. The van der Waals surface area contributed by atoms with Crippen LogP contribution in [0.4, 0.5) is 0 Å². The van der Waals surface area contributed by atoms with Crippen molar-refractivity contribution in [1.29, 1.82) is 0 Å². The quantitative estimate of drug-likeness (QED) is 0.662. The van der Waals surface area contributed by atoms with Crippen LogP contribution in [0.2, 0.25) is 0 Å². The highest BCUT2D eigenvalue weighted by Crippen LogP contribution is 2.09. The lowest BCUT2D eigenvalue weighted by Crippen LogP contribution is -2.43. The summed E-state index contributed by atoms with van der Waals surface area (Å²) in [7, 11) is 3.27. The molecule has 1 saturated heterocycles. The SMILES string of the molecule is CN(C)C(=O)CNC(=O)c1cn(C2CNC2)nn1. The fourth-order valence-electron chi connectivity index (χ4n) is 1.42. The Morgan fingerprint density at radius 2 is 2.28 bits per heavy atom. The number of carbonyl (C=O) groups is 2. The van der Waals surface area contributed by atoms with Crippen LogP contribution in [-0.4, -0.2) is 65.4 Å². The summed E-state index contributed by atoms with van der Waals surface area (Å²) in [5.74, 6) is -0.553. The van der Waals surface area contributed by atoms with Crippen molar-refractivity contribution in [2.75, 3.05) is 33.7 Å². The Bertz CT molecular complexity index is 451. The second-order valence-corrected chi connectivity index (χ2v) is 4.37. The van der Waals surface area contributed by atoms with E-state index in [0.717, 1.165) is 13.1 Å². The molecule has 0 aromatic carbocycles. The average Bonchev–Trinajstić information content (AvgIpc) is 2.72. The van der Waals surface area contributed by atoms with E-state index in [2.05, 4.69) is 20.9 Å². The van der Waals surface area contributed by atoms with Gasteiger partial charge in [-0.1, -0.05) is 5.21 Å². The molecule has 2 N–H and O–H groups in total. The normalized spacial score (nSPS) is 15.0. The van der Waals surface area contributed by atoms with Crippen molar-refractivity contribution in [1.82, 2.24) is 30.5 Å². The first-order valence-corrected chi connectivity index (χ1v) is 5.69. The summed E-state index contributed by atoms with van der Waals surface area (Å²) in [6.07, 6.45) is 1.60. The maximum Gasteiger partial charge on any atom is 0.273 e. The molecule has 2 amide bonds. The molecule has 0 spiro atoms. The van der Waals surface area contributed by atoms with E-state index in [-0.39, 0.29) is 30.1 Å². The Labute approximate surface area is 104 Å². The van der Waals surface area contributed by atoms with Crippen molar-refractivity contribution in [3.8, 4) is 0 Å². The van der Waals surface area contributed by atoms with Crippen LogP contribution in [0.15, 0.2) is 6.20 Å². The molecule has 8 heteroatoms. The zero-order valence-electron chi connectivity index (χ0n) is 10.4. The number of amides is 2. The number of carbonyl (C=O) groups excluding carboxylic acids is 2. The molecule has 18 heavy (non-hydrogen) atoms. The van der Waals surface area contributed by atoms with E-state index in [4.69, 9.17) is 0 Å². The van der Waals surface area contributed by atoms with Crippen LogP contribution < -0.4 is 10.6 Å². The van der Waals surface area contributed by atoms with Gasteiger partial charge in [-0.05, 0) is 0 Å². The first-order valence-electron chi connectivity index (χ1n) is 5.69. The number of likely N-dealkylation sites (N-methyl/N-ethyl adjacent to an activating group) is 1. The molecule has 0 saturated carbocycles. The van der Waals surface area contributed by atoms with Crippen molar-refractivity contribution < 1.29 is 9.59 Å².